The summed E-state index contributed by atoms with van der Waals surface area (Å²) in [6.07, 6.45) is 0. The number of H-pyrrole nitrogens is 1. The van der Waals surface area contributed by atoms with Crippen molar-refractivity contribution in [3.05, 3.63) is 0 Å². The molecule has 6 N–H and O–H groups in total. The van der Waals surface area contributed by atoms with Crippen molar-refractivity contribution in [1.29, 1.82) is 0 Å². The van der Waals surface area contributed by atoms with Gasteiger partial charge in [-0.05, 0) is 13.8 Å². The Bertz CT molecular complexity index is 317. The zero-order valence-electron chi connectivity index (χ0n) is 7.46. The molecule has 0 saturated carbocycles. The number of nitrogens with two attached hydrogens (primary N) is 2. The minimum absolute atomic E-state index is 0.183. The van der Waals surface area contributed by atoms with Crippen LogP contribution in [0, 0.1) is 0 Å². The summed E-state index contributed by atoms with van der Waals surface area (Å²) in [5.74, 6) is -0.0556. The van der Waals surface area contributed by atoms with E-state index in [2.05, 4.69) is 20.5 Å². The Balaban J connectivity index is 2.74. The Morgan fingerprint density at radius 1 is 1.62 bits per heavy atom. The first-order valence-electron chi connectivity index (χ1n) is 3.68. The summed E-state index contributed by atoms with van der Waals surface area (Å²) < 4.78 is 0. The smallest absolute Gasteiger partial charge is 0.244 e. The fraction of sp³-hybridized carbons (Fsp3) is 0.500. The highest BCUT2D eigenvalue weighted by Crippen LogP contribution is 2.09. The highest BCUT2D eigenvalue weighted by Gasteiger charge is 2.25. The zero-order valence-corrected chi connectivity index (χ0v) is 7.46. The molecule has 72 valence electrons. The van der Waals surface area contributed by atoms with Gasteiger partial charge in [-0.1, -0.05) is 0 Å². The highest BCUT2D eigenvalue weighted by atomic mass is 16.1. The van der Waals surface area contributed by atoms with Gasteiger partial charge in [0.05, 0.1) is 0 Å². The molecule has 0 fully saturated rings. The van der Waals surface area contributed by atoms with Gasteiger partial charge in [0.15, 0.2) is 0 Å². The van der Waals surface area contributed by atoms with Crippen LogP contribution < -0.4 is 16.8 Å². The number of carbonyl (C=O) groups is 1. The van der Waals surface area contributed by atoms with Crippen molar-refractivity contribution in [2.45, 2.75) is 19.4 Å². The van der Waals surface area contributed by atoms with Crippen LogP contribution in [0.15, 0.2) is 0 Å². The van der Waals surface area contributed by atoms with Crippen molar-refractivity contribution in [3.8, 4) is 0 Å². The Morgan fingerprint density at radius 3 is 2.62 bits per heavy atom. The monoisotopic (exact) mass is 184 g/mol. The number of hydrogen-bond donors (Lipinski definition) is 4. The number of nitrogens with one attached hydrogen (secondary N) is 2. The number of amides is 1. The second-order valence-electron chi connectivity index (χ2n) is 3.16. The van der Waals surface area contributed by atoms with Gasteiger partial charge in [0.1, 0.15) is 5.54 Å². The molecule has 0 saturated heterocycles. The maximum absolute atomic E-state index is 10.9. The Kier molecular flexibility index (Phi) is 2.09. The van der Waals surface area contributed by atoms with E-state index in [0.717, 1.165) is 0 Å². The molecule has 0 spiro atoms. The van der Waals surface area contributed by atoms with E-state index >= 15 is 0 Å². The Labute approximate surface area is 74.9 Å². The lowest BCUT2D eigenvalue weighted by Crippen LogP contribution is -2.45. The molecular weight excluding hydrogens is 172 g/mol. The van der Waals surface area contributed by atoms with Crippen LogP contribution in [0.1, 0.15) is 13.8 Å². The molecule has 7 nitrogen and oxygen atoms in total. The van der Waals surface area contributed by atoms with Gasteiger partial charge in [0.2, 0.25) is 17.8 Å². The second kappa shape index (κ2) is 2.92. The van der Waals surface area contributed by atoms with E-state index in [-0.39, 0.29) is 11.9 Å². The number of carbonyl (C=O) groups excluding carboxylic acids is 1. The van der Waals surface area contributed by atoms with Crippen molar-refractivity contribution in [3.63, 3.8) is 0 Å². The number of primary amides is 1. The predicted octanol–water partition coefficient (Wildman–Crippen LogP) is -0.937. The molecule has 1 heterocycles. The molecule has 13 heavy (non-hydrogen) atoms. The van der Waals surface area contributed by atoms with E-state index in [1.54, 1.807) is 13.8 Å². The van der Waals surface area contributed by atoms with Crippen LogP contribution in [0.2, 0.25) is 0 Å². The van der Waals surface area contributed by atoms with Crippen molar-refractivity contribution in [2.24, 2.45) is 5.73 Å². The molecule has 1 aromatic heterocycles. The molecule has 0 aliphatic carbocycles. The van der Waals surface area contributed by atoms with Crippen LogP contribution in [0.4, 0.5) is 11.9 Å². The maximum atomic E-state index is 10.9. The maximum Gasteiger partial charge on any atom is 0.244 e. The quantitative estimate of drug-likeness (QED) is 0.483. The molecule has 0 radical (unpaired) electrons. The number of rotatable bonds is 3. The van der Waals surface area contributed by atoms with Crippen molar-refractivity contribution < 1.29 is 4.79 Å². The van der Waals surface area contributed by atoms with Crippen LogP contribution in [0.5, 0.6) is 0 Å². The first-order valence-corrected chi connectivity index (χ1v) is 3.68. The van der Waals surface area contributed by atoms with Crippen LogP contribution >= 0.6 is 0 Å². The first kappa shape index (κ1) is 9.30. The lowest BCUT2D eigenvalue weighted by Gasteiger charge is -2.20. The summed E-state index contributed by atoms with van der Waals surface area (Å²) in [5.41, 5.74) is 9.52. The average molecular weight is 184 g/mol. The van der Waals surface area contributed by atoms with Gasteiger partial charge in [-0.2, -0.15) is 4.98 Å². The predicted molar refractivity (Wildman–Crippen MR) is 47.7 cm³/mol. The normalized spacial score (nSPS) is 11.2. The van der Waals surface area contributed by atoms with Crippen molar-refractivity contribution in [1.82, 2.24) is 15.2 Å². The summed E-state index contributed by atoms with van der Waals surface area (Å²) in [7, 11) is 0. The molecule has 0 atom stereocenters. The second-order valence-corrected chi connectivity index (χ2v) is 3.16. The minimum Gasteiger partial charge on any atom is -0.368 e. The topological polar surface area (TPSA) is 123 Å². The third-order valence-electron chi connectivity index (χ3n) is 1.54. The van der Waals surface area contributed by atoms with Crippen LogP contribution in [0.3, 0.4) is 0 Å². The van der Waals surface area contributed by atoms with Gasteiger partial charge < -0.3 is 16.8 Å². The highest BCUT2D eigenvalue weighted by molar-refractivity contribution is 5.86. The number of hydrogen-bond acceptors (Lipinski definition) is 5. The lowest BCUT2D eigenvalue weighted by molar-refractivity contribution is -0.121. The fourth-order valence-corrected chi connectivity index (χ4v) is 0.671. The van der Waals surface area contributed by atoms with Crippen molar-refractivity contribution >= 4 is 17.8 Å². The number of aromatic amines is 1. The third-order valence-corrected chi connectivity index (χ3v) is 1.54. The molecule has 0 unspecified atom stereocenters. The van der Waals surface area contributed by atoms with Gasteiger partial charge in [-0.3, -0.25) is 4.79 Å². The molecular formula is C6H12N6O. The van der Waals surface area contributed by atoms with Crippen LogP contribution in [-0.2, 0) is 4.79 Å². The van der Waals surface area contributed by atoms with E-state index in [1.807, 2.05) is 0 Å². The molecule has 0 aliphatic rings. The first-order chi connectivity index (χ1) is 5.92. The molecule has 0 aliphatic heterocycles. The number of nitrogen functional groups attached to an aromatic ring is 1. The number of anilines is 2. The van der Waals surface area contributed by atoms with E-state index in [9.17, 15) is 4.79 Å². The van der Waals surface area contributed by atoms with Gasteiger partial charge in [0.25, 0.3) is 0 Å². The Hall–Kier alpha value is -1.79. The zero-order chi connectivity index (χ0) is 10.1. The van der Waals surface area contributed by atoms with Gasteiger partial charge in [0, 0.05) is 0 Å². The summed E-state index contributed by atoms with van der Waals surface area (Å²) in [6.45, 7) is 3.25. The van der Waals surface area contributed by atoms with Gasteiger partial charge in [-0.15, -0.1) is 5.10 Å². The van der Waals surface area contributed by atoms with E-state index in [4.69, 9.17) is 11.5 Å². The van der Waals surface area contributed by atoms with Crippen LogP contribution in [0.25, 0.3) is 0 Å². The molecule has 1 amide bonds. The molecule has 1 rings (SSSR count). The van der Waals surface area contributed by atoms with E-state index in [0.29, 0.717) is 0 Å². The average Bonchev–Trinajstić information content (AvgIpc) is 2.34. The SMILES string of the molecule is CC(C)(Nc1n[nH]c(N)n1)C(N)=O. The summed E-state index contributed by atoms with van der Waals surface area (Å²) in [4.78, 5) is 14.7. The third kappa shape index (κ3) is 2.08. The van der Waals surface area contributed by atoms with Gasteiger partial charge >= 0.3 is 0 Å². The molecule has 7 heteroatoms. The van der Waals surface area contributed by atoms with Crippen LogP contribution in [-0.4, -0.2) is 26.6 Å². The summed E-state index contributed by atoms with van der Waals surface area (Å²) in [6, 6.07) is 0. The lowest BCUT2D eigenvalue weighted by atomic mass is 10.1. The van der Waals surface area contributed by atoms with Gasteiger partial charge in [-0.25, -0.2) is 5.10 Å². The summed E-state index contributed by atoms with van der Waals surface area (Å²) in [5, 5.41) is 8.87. The van der Waals surface area contributed by atoms with E-state index in [1.165, 1.54) is 0 Å². The molecule has 0 aromatic carbocycles. The fourth-order valence-electron chi connectivity index (χ4n) is 0.671. The number of nitrogens with zero attached hydrogens (tertiary/aromatic N) is 2. The van der Waals surface area contributed by atoms with Crippen molar-refractivity contribution in [2.75, 3.05) is 11.1 Å². The standard InChI is InChI=1S/C6H12N6O/c1-6(2,3(7)13)10-5-9-4(8)11-12-5/h1-2H3,(H2,7,13)(H4,8,9,10,11,12). The number of aromatic nitrogens is 3. The largest absolute Gasteiger partial charge is 0.368 e. The van der Waals surface area contributed by atoms with E-state index < -0.39 is 11.4 Å². The summed E-state index contributed by atoms with van der Waals surface area (Å²) >= 11 is 0. The minimum atomic E-state index is -0.894. The Morgan fingerprint density at radius 2 is 2.23 bits per heavy atom. The molecule has 1 aromatic rings. The molecule has 0 bridgehead atoms.